The molecule has 0 unspecified atom stereocenters. The molecule has 0 aromatic carbocycles. The zero-order valence-corrected chi connectivity index (χ0v) is 22.1. The van der Waals surface area contributed by atoms with Gasteiger partial charge in [0.15, 0.2) is 0 Å². The van der Waals surface area contributed by atoms with E-state index >= 15 is 0 Å². The number of hydrogen-bond acceptors (Lipinski definition) is 9. The van der Waals surface area contributed by atoms with Gasteiger partial charge in [-0.25, -0.2) is 9.78 Å². The highest BCUT2D eigenvalue weighted by atomic mass is 32.2. The van der Waals surface area contributed by atoms with Crippen molar-refractivity contribution in [3.05, 3.63) is 44.7 Å². The van der Waals surface area contributed by atoms with E-state index in [0.29, 0.717) is 48.6 Å². The number of aliphatic carboxylic acids is 1. The van der Waals surface area contributed by atoms with Crippen LogP contribution in [-0.2, 0) is 14.3 Å². The summed E-state index contributed by atoms with van der Waals surface area (Å²) in [5.41, 5.74) is 1.25. The van der Waals surface area contributed by atoms with Crippen LogP contribution in [-0.4, -0.2) is 85.9 Å². The van der Waals surface area contributed by atoms with Crippen molar-refractivity contribution in [2.45, 2.75) is 26.7 Å². The predicted molar refractivity (Wildman–Crippen MR) is 144 cm³/mol. The molecule has 196 valence electrons. The molecule has 0 saturated carbocycles. The van der Waals surface area contributed by atoms with Gasteiger partial charge in [-0.15, -0.1) is 0 Å². The number of carbonyl (C=O) groups excluding carboxylic acids is 2. The molecule has 0 radical (unpaired) electrons. The molecule has 2 aromatic heterocycles. The number of carboxylic acids is 1. The van der Waals surface area contributed by atoms with Gasteiger partial charge in [0.05, 0.1) is 17.1 Å². The van der Waals surface area contributed by atoms with Crippen LogP contribution in [0.5, 0.6) is 0 Å². The van der Waals surface area contributed by atoms with Crippen LogP contribution < -0.4 is 10.5 Å². The smallest absolute Gasteiger partial charge is 0.409 e. The maximum absolute atomic E-state index is 13.6. The van der Waals surface area contributed by atoms with E-state index in [1.807, 2.05) is 17.9 Å². The van der Waals surface area contributed by atoms with Crippen molar-refractivity contribution in [3.63, 3.8) is 0 Å². The third-order valence-electron chi connectivity index (χ3n) is 6.09. The van der Waals surface area contributed by atoms with Crippen molar-refractivity contribution in [2.24, 2.45) is 0 Å². The third-order valence-corrected chi connectivity index (χ3v) is 7.47. The van der Waals surface area contributed by atoms with Crippen LogP contribution >= 0.6 is 24.0 Å². The number of carbonyl (C=O) groups is 3. The molecule has 4 rings (SSSR count). The summed E-state index contributed by atoms with van der Waals surface area (Å²) in [5, 5.41) is 8.90. The van der Waals surface area contributed by atoms with Crippen LogP contribution in [0.15, 0.2) is 28.0 Å². The van der Waals surface area contributed by atoms with Crippen molar-refractivity contribution in [2.75, 3.05) is 44.2 Å². The van der Waals surface area contributed by atoms with Crippen LogP contribution in [0.2, 0.25) is 0 Å². The number of hydrogen-bond donors (Lipinski definition) is 1. The predicted octanol–water partition coefficient (Wildman–Crippen LogP) is 2.35. The highest BCUT2D eigenvalue weighted by Gasteiger charge is 2.33. The molecule has 11 nitrogen and oxygen atoms in total. The SMILES string of the molecule is CCOC(=O)N1CCN(c2nc3c(C)cccn3c(=O)c2/C=C2/SC(=S)N(CCCC(=O)O)C2=O)CC1. The number of aromatic nitrogens is 2. The quantitative estimate of drug-likeness (QED) is 0.409. The minimum atomic E-state index is -0.945. The minimum absolute atomic E-state index is 0.0761. The fourth-order valence-corrected chi connectivity index (χ4v) is 5.49. The zero-order valence-electron chi connectivity index (χ0n) is 20.5. The Bertz CT molecular complexity index is 1350. The Morgan fingerprint density at radius 3 is 2.65 bits per heavy atom. The average molecular weight is 546 g/mol. The number of pyridine rings is 1. The van der Waals surface area contributed by atoms with Gasteiger partial charge in [-0.1, -0.05) is 30.0 Å². The Hall–Kier alpha value is -3.45. The van der Waals surface area contributed by atoms with Crippen LogP contribution in [0.4, 0.5) is 10.6 Å². The molecule has 0 aliphatic carbocycles. The zero-order chi connectivity index (χ0) is 26.7. The van der Waals surface area contributed by atoms with E-state index in [1.54, 1.807) is 24.1 Å². The second kappa shape index (κ2) is 11.3. The van der Waals surface area contributed by atoms with Crippen molar-refractivity contribution in [1.29, 1.82) is 0 Å². The summed E-state index contributed by atoms with van der Waals surface area (Å²) in [4.78, 5) is 59.7. The molecule has 2 saturated heterocycles. The molecule has 0 spiro atoms. The molecule has 0 atom stereocenters. The molecule has 2 amide bonds. The molecule has 0 bridgehead atoms. The van der Waals surface area contributed by atoms with Crippen LogP contribution in [0.25, 0.3) is 11.7 Å². The second-order valence-electron chi connectivity index (χ2n) is 8.54. The van der Waals surface area contributed by atoms with Gasteiger partial charge in [0.2, 0.25) is 0 Å². The Kier molecular flexibility index (Phi) is 8.13. The molecule has 2 aromatic rings. The highest BCUT2D eigenvalue weighted by Crippen LogP contribution is 2.34. The van der Waals surface area contributed by atoms with Crippen molar-refractivity contribution < 1.29 is 24.2 Å². The van der Waals surface area contributed by atoms with E-state index in [-0.39, 0.29) is 47.4 Å². The van der Waals surface area contributed by atoms with Gasteiger partial charge in [0.1, 0.15) is 15.8 Å². The number of ether oxygens (including phenoxy) is 1. The largest absolute Gasteiger partial charge is 0.481 e. The maximum Gasteiger partial charge on any atom is 0.409 e. The van der Waals surface area contributed by atoms with Crippen molar-refractivity contribution >= 4 is 63.8 Å². The first kappa shape index (κ1) is 26.6. The first-order valence-electron chi connectivity index (χ1n) is 11.9. The van der Waals surface area contributed by atoms with Crippen molar-refractivity contribution in [1.82, 2.24) is 19.2 Å². The topological polar surface area (TPSA) is 125 Å². The molecule has 2 fully saturated rings. The lowest BCUT2D eigenvalue weighted by Crippen LogP contribution is -2.49. The monoisotopic (exact) mass is 545 g/mol. The van der Waals surface area contributed by atoms with Crippen molar-refractivity contribution in [3.8, 4) is 0 Å². The summed E-state index contributed by atoms with van der Waals surface area (Å²) in [6, 6.07) is 3.63. The number of anilines is 1. The number of thioether (sulfide) groups is 1. The molecule has 2 aliphatic rings. The van der Waals surface area contributed by atoms with E-state index in [1.165, 1.54) is 15.4 Å². The van der Waals surface area contributed by atoms with Gasteiger partial charge in [0, 0.05) is 45.3 Å². The Morgan fingerprint density at radius 2 is 1.97 bits per heavy atom. The average Bonchev–Trinajstić information content (AvgIpc) is 3.13. The number of amides is 2. The van der Waals surface area contributed by atoms with E-state index in [9.17, 15) is 19.2 Å². The number of piperazine rings is 1. The normalized spacial score (nSPS) is 17.2. The molecule has 4 heterocycles. The molecule has 37 heavy (non-hydrogen) atoms. The van der Waals surface area contributed by atoms with E-state index in [4.69, 9.17) is 27.0 Å². The van der Waals surface area contributed by atoms with Gasteiger partial charge in [-0.3, -0.25) is 23.7 Å². The molecule has 13 heteroatoms. The summed E-state index contributed by atoms with van der Waals surface area (Å²) in [7, 11) is 0. The number of fused-ring (bicyclic) bond motifs is 1. The summed E-state index contributed by atoms with van der Waals surface area (Å²) in [6.07, 6.45) is 2.97. The summed E-state index contributed by atoms with van der Waals surface area (Å²) < 4.78 is 6.87. The molecular formula is C24H27N5O6S2. The second-order valence-corrected chi connectivity index (χ2v) is 10.2. The van der Waals surface area contributed by atoms with Gasteiger partial charge in [-0.05, 0) is 38.0 Å². The number of carboxylic acid groups (broad SMARTS) is 1. The maximum atomic E-state index is 13.6. The van der Waals surface area contributed by atoms with Gasteiger partial charge in [-0.2, -0.15) is 0 Å². The lowest BCUT2D eigenvalue weighted by Gasteiger charge is -2.35. The van der Waals surface area contributed by atoms with Crippen LogP contribution in [0, 0.1) is 6.92 Å². The van der Waals surface area contributed by atoms with E-state index in [2.05, 4.69) is 0 Å². The number of thiocarbonyl (C=S) groups is 1. The van der Waals surface area contributed by atoms with E-state index in [0.717, 1.165) is 17.3 Å². The highest BCUT2D eigenvalue weighted by molar-refractivity contribution is 8.26. The molecule has 2 aliphatic heterocycles. The minimum Gasteiger partial charge on any atom is -0.481 e. The summed E-state index contributed by atoms with van der Waals surface area (Å²) in [5.74, 6) is -0.884. The lowest BCUT2D eigenvalue weighted by molar-refractivity contribution is -0.137. The fourth-order valence-electron chi connectivity index (χ4n) is 4.20. The fraction of sp³-hybridized carbons (Fsp3) is 0.417. The van der Waals surface area contributed by atoms with Crippen LogP contribution in [0.1, 0.15) is 30.9 Å². The first-order chi connectivity index (χ1) is 17.7. The lowest BCUT2D eigenvalue weighted by atomic mass is 10.2. The number of aryl methyl sites for hydroxylation is 1. The Labute approximate surface area is 222 Å². The Morgan fingerprint density at radius 1 is 1.24 bits per heavy atom. The third kappa shape index (κ3) is 5.62. The summed E-state index contributed by atoms with van der Waals surface area (Å²) in [6.45, 7) is 5.77. The summed E-state index contributed by atoms with van der Waals surface area (Å²) >= 11 is 6.43. The molecular weight excluding hydrogens is 518 g/mol. The van der Waals surface area contributed by atoms with Gasteiger partial charge in [0.25, 0.3) is 11.5 Å². The van der Waals surface area contributed by atoms with E-state index < -0.39 is 5.97 Å². The Balaban J connectivity index is 1.70. The molecule has 1 N–H and O–H groups in total. The number of rotatable bonds is 7. The van der Waals surface area contributed by atoms with Crippen LogP contribution in [0.3, 0.4) is 0 Å². The van der Waals surface area contributed by atoms with Gasteiger partial charge < -0.3 is 19.6 Å². The van der Waals surface area contributed by atoms with Gasteiger partial charge >= 0.3 is 12.1 Å². The number of nitrogens with zero attached hydrogens (tertiary/aromatic N) is 5. The first-order valence-corrected chi connectivity index (χ1v) is 13.1. The standard InChI is InChI=1S/C24H27N5O6S2/c1-3-35-23(34)27-12-10-26(11-13-27)20-16(21(32)28-8-4-6-15(2)19(28)25-20)14-17-22(33)29(24(36)37-17)9-5-7-18(30)31/h4,6,8,14H,3,5,7,9-13H2,1-2H3,(H,30,31)/b17-14+.